The van der Waals surface area contributed by atoms with Gasteiger partial charge in [-0.3, -0.25) is 0 Å². The topological polar surface area (TPSA) is 59.6 Å². The number of piperidine rings is 1. The third-order valence-corrected chi connectivity index (χ3v) is 10.1. The highest BCUT2D eigenvalue weighted by Gasteiger charge is 2.34. The maximum absolute atomic E-state index is 6.23. The van der Waals surface area contributed by atoms with Crippen LogP contribution in [0.5, 0.6) is 0 Å². The van der Waals surface area contributed by atoms with Gasteiger partial charge >= 0.3 is 0 Å². The number of aromatic nitrogens is 2. The van der Waals surface area contributed by atoms with E-state index in [9.17, 15) is 0 Å². The van der Waals surface area contributed by atoms with Crippen LogP contribution in [0.1, 0.15) is 63.9 Å². The average molecular weight is 618 g/mol. The van der Waals surface area contributed by atoms with Crippen molar-refractivity contribution in [3.63, 3.8) is 0 Å². The molecule has 0 unspecified atom stereocenters. The highest BCUT2D eigenvalue weighted by Crippen LogP contribution is 2.39. The standard InChI is InChI=1S/C34H44ClN7S/c1-26-10-6-9-19-42(26)31-24-30(41-22-20-40(21-23-41)29-11-4-2-5-12-29)37-32(38-31)39-33(43)36-25-34(17-7-3-8-18-34)27-13-15-28(35)16-14-27/h2,4-5,11-16,24,26H,3,6-10,17-23,25H2,1H3,(H2,36,37,38,39,43)/t26-/m0/s1. The monoisotopic (exact) mass is 617 g/mol. The van der Waals surface area contributed by atoms with Gasteiger partial charge in [-0.25, -0.2) is 0 Å². The van der Waals surface area contributed by atoms with Gasteiger partial charge in [0, 0.05) is 67.5 Å². The van der Waals surface area contributed by atoms with Crippen LogP contribution in [0.15, 0.2) is 60.7 Å². The van der Waals surface area contributed by atoms with Gasteiger partial charge in [0.2, 0.25) is 5.95 Å². The number of halogens is 1. The average Bonchev–Trinajstić information content (AvgIpc) is 3.05. The first-order chi connectivity index (χ1) is 21.0. The molecule has 6 rings (SSSR count). The van der Waals surface area contributed by atoms with Crippen LogP contribution in [0.4, 0.5) is 23.3 Å². The summed E-state index contributed by atoms with van der Waals surface area (Å²) < 4.78 is 0. The van der Waals surface area contributed by atoms with Gasteiger partial charge in [0.1, 0.15) is 11.6 Å². The van der Waals surface area contributed by atoms with Crippen molar-refractivity contribution in [3.05, 3.63) is 71.2 Å². The first-order valence-electron chi connectivity index (χ1n) is 16.0. The fourth-order valence-corrected chi connectivity index (χ4v) is 7.34. The van der Waals surface area contributed by atoms with E-state index in [4.69, 9.17) is 33.8 Å². The molecule has 1 aromatic heterocycles. The van der Waals surface area contributed by atoms with Gasteiger partial charge in [-0.15, -0.1) is 0 Å². The van der Waals surface area contributed by atoms with Gasteiger partial charge in [-0.2, -0.15) is 9.97 Å². The molecule has 1 atom stereocenters. The molecule has 2 N–H and O–H groups in total. The Morgan fingerprint density at radius 1 is 0.860 bits per heavy atom. The summed E-state index contributed by atoms with van der Waals surface area (Å²) in [6.07, 6.45) is 9.67. The number of nitrogens with zero attached hydrogens (tertiary/aromatic N) is 5. The minimum Gasteiger partial charge on any atom is -0.368 e. The Balaban J connectivity index is 1.18. The first-order valence-corrected chi connectivity index (χ1v) is 16.8. The molecular weight excluding hydrogens is 574 g/mol. The Labute approximate surface area is 267 Å². The smallest absolute Gasteiger partial charge is 0.232 e. The molecule has 0 spiro atoms. The second kappa shape index (κ2) is 13.7. The number of nitrogens with one attached hydrogen (secondary N) is 2. The number of anilines is 4. The minimum atomic E-state index is 0.0457. The molecular formula is C34H44ClN7S. The zero-order valence-corrected chi connectivity index (χ0v) is 26.8. The molecule has 43 heavy (non-hydrogen) atoms. The van der Waals surface area contributed by atoms with Crippen molar-refractivity contribution >= 4 is 52.2 Å². The second-order valence-electron chi connectivity index (χ2n) is 12.4. The molecule has 0 bridgehead atoms. The summed E-state index contributed by atoms with van der Waals surface area (Å²) >= 11 is 12.1. The molecule has 3 heterocycles. The van der Waals surface area contributed by atoms with E-state index < -0.39 is 0 Å². The summed E-state index contributed by atoms with van der Waals surface area (Å²) in [5.74, 6) is 2.51. The number of thiocarbonyl (C=S) groups is 1. The summed E-state index contributed by atoms with van der Waals surface area (Å²) in [5, 5.41) is 8.29. The maximum Gasteiger partial charge on any atom is 0.232 e. The zero-order valence-electron chi connectivity index (χ0n) is 25.3. The lowest BCUT2D eigenvalue weighted by Gasteiger charge is -2.39. The van der Waals surface area contributed by atoms with E-state index in [0.717, 1.165) is 68.8 Å². The lowest BCUT2D eigenvalue weighted by molar-refractivity contribution is 0.292. The summed E-state index contributed by atoms with van der Waals surface area (Å²) in [4.78, 5) is 17.3. The van der Waals surface area contributed by atoms with Crippen molar-refractivity contribution in [1.82, 2.24) is 15.3 Å². The van der Waals surface area contributed by atoms with Crippen LogP contribution >= 0.6 is 23.8 Å². The van der Waals surface area contributed by atoms with Crippen molar-refractivity contribution in [2.24, 2.45) is 0 Å². The van der Waals surface area contributed by atoms with Gasteiger partial charge in [-0.05, 0) is 81.1 Å². The van der Waals surface area contributed by atoms with Crippen molar-refractivity contribution in [2.75, 3.05) is 59.3 Å². The van der Waals surface area contributed by atoms with E-state index in [1.165, 1.54) is 49.8 Å². The molecule has 228 valence electrons. The normalized spacial score (nSPS) is 20.5. The number of benzene rings is 2. The van der Waals surface area contributed by atoms with E-state index in [1.54, 1.807) is 0 Å². The minimum absolute atomic E-state index is 0.0457. The number of hydrogen-bond acceptors (Lipinski definition) is 6. The maximum atomic E-state index is 6.23. The summed E-state index contributed by atoms with van der Waals surface area (Å²) in [6, 6.07) is 21.7. The highest BCUT2D eigenvalue weighted by molar-refractivity contribution is 7.80. The number of hydrogen-bond donors (Lipinski definition) is 2. The van der Waals surface area contributed by atoms with E-state index in [-0.39, 0.29) is 5.41 Å². The Hall–Kier alpha value is -3.10. The SMILES string of the molecule is C[C@H]1CCCCN1c1cc(N2CCN(c3ccccc3)CC2)nc(NC(=S)NCC2(c3ccc(Cl)cc3)CCCCC2)n1. The van der Waals surface area contributed by atoms with E-state index >= 15 is 0 Å². The molecule has 0 amide bonds. The van der Waals surface area contributed by atoms with Crippen molar-refractivity contribution < 1.29 is 0 Å². The fourth-order valence-electron chi connectivity index (χ4n) is 7.05. The predicted molar refractivity (Wildman–Crippen MR) is 184 cm³/mol. The van der Waals surface area contributed by atoms with E-state index in [0.29, 0.717) is 17.1 Å². The summed E-state index contributed by atoms with van der Waals surface area (Å²) in [5.41, 5.74) is 2.66. The van der Waals surface area contributed by atoms with Crippen LogP contribution in [0, 0.1) is 0 Å². The molecule has 1 saturated carbocycles. The van der Waals surface area contributed by atoms with Crippen molar-refractivity contribution in [3.8, 4) is 0 Å². The number of piperazine rings is 1. The van der Waals surface area contributed by atoms with Crippen LogP contribution in [0.3, 0.4) is 0 Å². The number of rotatable bonds is 7. The van der Waals surface area contributed by atoms with Crippen LogP contribution < -0.4 is 25.3 Å². The Morgan fingerprint density at radius 2 is 1.56 bits per heavy atom. The molecule has 3 fully saturated rings. The van der Waals surface area contributed by atoms with Gasteiger partial charge < -0.3 is 25.3 Å². The zero-order chi connectivity index (χ0) is 29.6. The van der Waals surface area contributed by atoms with Gasteiger partial charge in [0.25, 0.3) is 0 Å². The third-order valence-electron chi connectivity index (χ3n) is 9.60. The second-order valence-corrected chi connectivity index (χ2v) is 13.3. The quantitative estimate of drug-likeness (QED) is 0.274. The molecule has 3 aliphatic rings. The molecule has 9 heteroatoms. The molecule has 7 nitrogen and oxygen atoms in total. The molecule has 0 radical (unpaired) electrons. The van der Waals surface area contributed by atoms with Gasteiger partial charge in [-0.1, -0.05) is 61.2 Å². The Bertz CT molecular complexity index is 1350. The van der Waals surface area contributed by atoms with Crippen molar-refractivity contribution in [2.45, 2.75) is 69.7 Å². The summed E-state index contributed by atoms with van der Waals surface area (Å²) in [7, 11) is 0. The van der Waals surface area contributed by atoms with Crippen LogP contribution in [0.25, 0.3) is 0 Å². The predicted octanol–water partition coefficient (Wildman–Crippen LogP) is 7.02. The van der Waals surface area contributed by atoms with Gasteiger partial charge in [0.05, 0.1) is 0 Å². The first kappa shape index (κ1) is 29.9. The highest BCUT2D eigenvalue weighted by atomic mass is 35.5. The Morgan fingerprint density at radius 3 is 2.28 bits per heavy atom. The molecule has 1 aliphatic carbocycles. The number of para-hydroxylation sites is 1. The third kappa shape index (κ3) is 7.18. The van der Waals surface area contributed by atoms with E-state index in [2.05, 4.69) is 80.8 Å². The van der Waals surface area contributed by atoms with Crippen LogP contribution in [-0.2, 0) is 5.41 Å². The molecule has 2 saturated heterocycles. The molecule has 3 aromatic rings. The largest absolute Gasteiger partial charge is 0.368 e. The molecule has 2 aromatic carbocycles. The van der Waals surface area contributed by atoms with Crippen molar-refractivity contribution in [1.29, 1.82) is 0 Å². The van der Waals surface area contributed by atoms with E-state index in [1.807, 2.05) is 12.1 Å². The van der Waals surface area contributed by atoms with Crippen LogP contribution in [0.2, 0.25) is 5.02 Å². The lowest BCUT2D eigenvalue weighted by Crippen LogP contribution is -2.47. The fraction of sp³-hybridized carbons (Fsp3) is 0.500. The van der Waals surface area contributed by atoms with Crippen LogP contribution in [-0.4, -0.2) is 60.4 Å². The van der Waals surface area contributed by atoms with Gasteiger partial charge in [0.15, 0.2) is 5.11 Å². The summed E-state index contributed by atoms with van der Waals surface area (Å²) in [6.45, 7) is 7.83. The lowest BCUT2D eigenvalue weighted by atomic mass is 9.69. The molecule has 2 aliphatic heterocycles. The Kier molecular flexibility index (Phi) is 9.53.